The van der Waals surface area contributed by atoms with Crippen LogP contribution in [-0.2, 0) is 10.2 Å². The number of rotatable bonds is 4. The van der Waals surface area contributed by atoms with Gasteiger partial charge in [0, 0.05) is 43.3 Å². The molecule has 1 aliphatic heterocycles. The minimum absolute atomic E-state index is 0. The van der Waals surface area contributed by atoms with Gasteiger partial charge in [0.15, 0.2) is 5.96 Å². The van der Waals surface area contributed by atoms with Crippen LogP contribution in [0.4, 0.5) is 0 Å². The van der Waals surface area contributed by atoms with Gasteiger partial charge < -0.3 is 15.4 Å². The number of benzene rings is 1. The number of nitrogens with one attached hydrogen (secondary N) is 2. The van der Waals surface area contributed by atoms with Crippen LogP contribution in [0.2, 0.25) is 5.02 Å². The molecule has 0 bridgehead atoms. The molecule has 1 aromatic rings. The Bertz CT molecular complexity index is 584. The zero-order chi connectivity index (χ0) is 17.5. The molecule has 0 amide bonds. The van der Waals surface area contributed by atoms with Gasteiger partial charge in [-0.05, 0) is 43.4 Å². The molecule has 0 atom stereocenters. The number of aliphatic imine (C=N–C) groups is 1. The highest BCUT2D eigenvalue weighted by Crippen LogP contribution is 2.35. The molecular weight excluding hydrogens is 461 g/mol. The van der Waals surface area contributed by atoms with Gasteiger partial charge in [-0.1, -0.05) is 43.0 Å². The number of nitrogens with zero attached hydrogens (tertiary/aromatic N) is 1. The zero-order valence-corrected chi connectivity index (χ0v) is 18.7. The summed E-state index contributed by atoms with van der Waals surface area (Å²) in [5.74, 6) is 0.916. The molecule has 1 heterocycles. The molecule has 0 radical (unpaired) electrons. The number of hydrogen-bond acceptors (Lipinski definition) is 2. The van der Waals surface area contributed by atoms with Crippen molar-refractivity contribution in [3.05, 3.63) is 34.9 Å². The molecule has 3 rings (SSSR count). The molecule has 2 fully saturated rings. The molecule has 1 aliphatic carbocycles. The second kappa shape index (κ2) is 10.7. The lowest BCUT2D eigenvalue weighted by Gasteiger charge is -2.38. The maximum absolute atomic E-state index is 6.26. The molecule has 1 saturated carbocycles. The normalized spacial score (nSPS) is 20.9. The number of guanidine groups is 1. The van der Waals surface area contributed by atoms with Gasteiger partial charge in [0.1, 0.15) is 0 Å². The van der Waals surface area contributed by atoms with Crippen LogP contribution < -0.4 is 10.6 Å². The van der Waals surface area contributed by atoms with Gasteiger partial charge in [0.05, 0.1) is 0 Å². The van der Waals surface area contributed by atoms with Crippen LogP contribution in [0, 0.1) is 0 Å². The number of halogens is 2. The van der Waals surface area contributed by atoms with Crippen LogP contribution in [0.3, 0.4) is 0 Å². The summed E-state index contributed by atoms with van der Waals surface area (Å²) in [6, 6.07) is 8.83. The van der Waals surface area contributed by atoms with Crippen LogP contribution in [0.5, 0.6) is 0 Å². The molecule has 2 N–H and O–H groups in total. The van der Waals surface area contributed by atoms with E-state index < -0.39 is 0 Å². The second-order valence-corrected chi connectivity index (χ2v) is 7.74. The van der Waals surface area contributed by atoms with Crippen LogP contribution in [0.25, 0.3) is 0 Å². The Labute approximate surface area is 179 Å². The van der Waals surface area contributed by atoms with E-state index in [-0.39, 0.29) is 29.4 Å². The molecule has 4 nitrogen and oxygen atoms in total. The van der Waals surface area contributed by atoms with Crippen molar-refractivity contribution in [2.24, 2.45) is 4.99 Å². The van der Waals surface area contributed by atoms with Gasteiger partial charge in [-0.25, -0.2) is 0 Å². The summed E-state index contributed by atoms with van der Waals surface area (Å²) < 4.78 is 5.62. The van der Waals surface area contributed by atoms with E-state index in [0.717, 1.165) is 43.6 Å². The first-order valence-corrected chi connectivity index (χ1v) is 9.91. The van der Waals surface area contributed by atoms with E-state index in [1.54, 1.807) is 0 Å². The van der Waals surface area contributed by atoms with Crippen molar-refractivity contribution in [2.75, 3.05) is 26.8 Å². The van der Waals surface area contributed by atoms with Crippen LogP contribution in [0.15, 0.2) is 29.3 Å². The van der Waals surface area contributed by atoms with Crippen molar-refractivity contribution in [3.8, 4) is 0 Å². The van der Waals surface area contributed by atoms with Gasteiger partial charge in [0.25, 0.3) is 0 Å². The summed E-state index contributed by atoms with van der Waals surface area (Å²) >= 11 is 6.26. The predicted octanol–water partition coefficient (Wildman–Crippen LogP) is 4.50. The minimum atomic E-state index is 0. The molecule has 6 heteroatoms. The predicted molar refractivity (Wildman–Crippen MR) is 120 cm³/mol. The van der Waals surface area contributed by atoms with Gasteiger partial charge in [0.2, 0.25) is 0 Å². The Hall–Kier alpha value is -0.530. The molecule has 2 aliphatic rings. The highest BCUT2D eigenvalue weighted by Gasteiger charge is 2.35. The third-order valence-corrected chi connectivity index (χ3v) is 5.89. The van der Waals surface area contributed by atoms with Crippen molar-refractivity contribution in [1.82, 2.24) is 10.6 Å². The second-order valence-electron chi connectivity index (χ2n) is 7.31. The van der Waals surface area contributed by atoms with Crippen LogP contribution >= 0.6 is 35.6 Å². The Balaban J connectivity index is 0.00000243. The fourth-order valence-electron chi connectivity index (χ4n) is 4.04. The largest absolute Gasteiger partial charge is 0.381 e. The van der Waals surface area contributed by atoms with E-state index in [0.29, 0.717) is 6.04 Å². The summed E-state index contributed by atoms with van der Waals surface area (Å²) in [7, 11) is 1.86. The van der Waals surface area contributed by atoms with E-state index in [4.69, 9.17) is 16.3 Å². The van der Waals surface area contributed by atoms with Gasteiger partial charge in [-0.2, -0.15) is 0 Å². The van der Waals surface area contributed by atoms with Gasteiger partial charge in [-0.3, -0.25) is 4.99 Å². The Morgan fingerprint density at radius 3 is 2.62 bits per heavy atom. The number of hydrogen-bond donors (Lipinski definition) is 2. The molecule has 0 unspecified atom stereocenters. The standard InChI is InChI=1S/C20H30ClN3O.HI/c1-22-19(24-18-8-3-2-4-9-18)23-15-20(10-12-25-13-11-20)16-6-5-7-17(21)14-16;/h5-7,14,18H,2-4,8-13,15H2,1H3,(H2,22,23,24);1H. The zero-order valence-electron chi connectivity index (χ0n) is 15.6. The van der Waals surface area contributed by atoms with Crippen molar-refractivity contribution < 1.29 is 4.74 Å². The SMILES string of the molecule is CN=C(NCC1(c2cccc(Cl)c2)CCOCC1)NC1CCCCC1.I. The van der Waals surface area contributed by atoms with Crippen molar-refractivity contribution in [2.45, 2.75) is 56.4 Å². The van der Waals surface area contributed by atoms with E-state index >= 15 is 0 Å². The molecular formula is C20H31ClIN3O. The molecule has 146 valence electrons. The topological polar surface area (TPSA) is 45.7 Å². The highest BCUT2D eigenvalue weighted by atomic mass is 127. The average Bonchev–Trinajstić information content (AvgIpc) is 2.66. The lowest BCUT2D eigenvalue weighted by atomic mass is 9.74. The summed E-state index contributed by atoms with van der Waals surface area (Å²) in [4.78, 5) is 4.45. The average molecular weight is 492 g/mol. The quantitative estimate of drug-likeness (QED) is 0.370. The first-order valence-electron chi connectivity index (χ1n) is 9.53. The van der Waals surface area contributed by atoms with Gasteiger partial charge >= 0.3 is 0 Å². The van der Waals surface area contributed by atoms with Crippen molar-refractivity contribution in [1.29, 1.82) is 0 Å². The van der Waals surface area contributed by atoms with E-state index in [1.165, 1.54) is 37.7 Å². The van der Waals surface area contributed by atoms with Crippen LogP contribution in [0.1, 0.15) is 50.5 Å². The van der Waals surface area contributed by atoms with E-state index in [9.17, 15) is 0 Å². The first-order chi connectivity index (χ1) is 12.2. The third kappa shape index (κ3) is 5.73. The van der Waals surface area contributed by atoms with E-state index in [1.807, 2.05) is 19.2 Å². The van der Waals surface area contributed by atoms with Gasteiger partial charge in [-0.15, -0.1) is 24.0 Å². The maximum atomic E-state index is 6.26. The lowest BCUT2D eigenvalue weighted by molar-refractivity contribution is 0.0513. The first kappa shape index (κ1) is 21.8. The monoisotopic (exact) mass is 491 g/mol. The number of ether oxygens (including phenoxy) is 1. The minimum Gasteiger partial charge on any atom is -0.381 e. The maximum Gasteiger partial charge on any atom is 0.191 e. The molecule has 1 saturated heterocycles. The Morgan fingerprint density at radius 2 is 1.96 bits per heavy atom. The molecule has 1 aromatic carbocycles. The lowest BCUT2D eigenvalue weighted by Crippen LogP contribution is -2.50. The highest BCUT2D eigenvalue weighted by molar-refractivity contribution is 14.0. The fraction of sp³-hybridized carbons (Fsp3) is 0.650. The van der Waals surface area contributed by atoms with E-state index in [2.05, 4.69) is 27.8 Å². The summed E-state index contributed by atoms with van der Waals surface area (Å²) in [5, 5.41) is 7.99. The summed E-state index contributed by atoms with van der Waals surface area (Å²) in [6.07, 6.45) is 8.49. The molecule has 0 aromatic heterocycles. The Kier molecular flexibility index (Phi) is 8.97. The van der Waals surface area contributed by atoms with Crippen LogP contribution in [-0.4, -0.2) is 38.8 Å². The van der Waals surface area contributed by atoms with Crippen molar-refractivity contribution in [3.63, 3.8) is 0 Å². The fourth-order valence-corrected chi connectivity index (χ4v) is 4.23. The summed E-state index contributed by atoms with van der Waals surface area (Å²) in [5.41, 5.74) is 1.34. The Morgan fingerprint density at radius 1 is 1.23 bits per heavy atom. The summed E-state index contributed by atoms with van der Waals surface area (Å²) in [6.45, 7) is 2.44. The van der Waals surface area contributed by atoms with Crippen molar-refractivity contribution >= 4 is 41.5 Å². The molecule has 0 spiro atoms. The molecule has 26 heavy (non-hydrogen) atoms. The smallest absolute Gasteiger partial charge is 0.191 e. The third-order valence-electron chi connectivity index (χ3n) is 5.65.